The van der Waals surface area contributed by atoms with Gasteiger partial charge in [-0.3, -0.25) is 0 Å². The van der Waals surface area contributed by atoms with Crippen LogP contribution in [-0.2, 0) is 10.1 Å². The van der Waals surface area contributed by atoms with Gasteiger partial charge < -0.3 is 8.92 Å². The Balaban J connectivity index is 1.60. The van der Waals surface area contributed by atoms with Crippen molar-refractivity contribution in [3.8, 4) is 11.5 Å². The summed E-state index contributed by atoms with van der Waals surface area (Å²) in [5.74, 6) is -0.470. The Hall–Kier alpha value is -3.16. The van der Waals surface area contributed by atoms with Gasteiger partial charge in [0.2, 0.25) is 0 Å². The van der Waals surface area contributed by atoms with Crippen molar-refractivity contribution in [2.24, 2.45) is 0 Å². The van der Waals surface area contributed by atoms with Crippen molar-refractivity contribution in [1.82, 2.24) is 0 Å². The molecular formula is C23H15BrO5S. The Morgan fingerprint density at radius 1 is 0.767 bits per heavy atom. The van der Waals surface area contributed by atoms with Crippen LogP contribution in [0.1, 0.15) is 10.4 Å². The summed E-state index contributed by atoms with van der Waals surface area (Å²) < 4.78 is 36.7. The number of hydrogen-bond donors (Lipinski definition) is 0. The average molecular weight is 483 g/mol. The van der Waals surface area contributed by atoms with E-state index in [2.05, 4.69) is 15.9 Å². The quantitative estimate of drug-likeness (QED) is 0.210. The van der Waals surface area contributed by atoms with E-state index in [4.69, 9.17) is 8.92 Å². The lowest BCUT2D eigenvalue weighted by Crippen LogP contribution is -2.15. The van der Waals surface area contributed by atoms with Gasteiger partial charge >= 0.3 is 16.1 Å². The first-order chi connectivity index (χ1) is 14.4. The number of esters is 1. The number of rotatable bonds is 5. The number of ether oxygens (including phenoxy) is 1. The zero-order valence-corrected chi connectivity index (χ0v) is 17.9. The average Bonchev–Trinajstić information content (AvgIpc) is 2.74. The van der Waals surface area contributed by atoms with Gasteiger partial charge in [0.25, 0.3) is 0 Å². The predicted octanol–water partition coefficient (Wildman–Crippen LogP) is 5.59. The smallest absolute Gasteiger partial charge is 0.347 e. The minimum absolute atomic E-state index is 0.00588. The van der Waals surface area contributed by atoms with Crippen molar-refractivity contribution in [2.75, 3.05) is 0 Å². The first-order valence-corrected chi connectivity index (χ1v) is 11.1. The molecule has 0 aliphatic carbocycles. The second kappa shape index (κ2) is 8.30. The highest BCUT2D eigenvalue weighted by molar-refractivity contribution is 9.10. The third-order valence-electron chi connectivity index (χ3n) is 4.34. The molecule has 0 amide bonds. The molecule has 0 saturated heterocycles. The zero-order valence-electron chi connectivity index (χ0n) is 15.5. The van der Waals surface area contributed by atoms with Gasteiger partial charge in [-0.25, -0.2) is 4.79 Å². The highest BCUT2D eigenvalue weighted by Gasteiger charge is 2.22. The Morgan fingerprint density at radius 2 is 1.43 bits per heavy atom. The van der Waals surface area contributed by atoms with Crippen LogP contribution in [0.5, 0.6) is 11.5 Å². The minimum Gasteiger partial charge on any atom is -0.423 e. The Bertz CT molecular complexity index is 1330. The van der Waals surface area contributed by atoms with E-state index in [0.29, 0.717) is 5.75 Å². The van der Waals surface area contributed by atoms with Gasteiger partial charge in [0.15, 0.2) is 5.75 Å². The topological polar surface area (TPSA) is 69.7 Å². The number of halogens is 1. The van der Waals surface area contributed by atoms with Crippen molar-refractivity contribution in [2.45, 2.75) is 4.90 Å². The lowest BCUT2D eigenvalue weighted by atomic mass is 10.1. The van der Waals surface area contributed by atoms with E-state index in [1.807, 2.05) is 30.3 Å². The fourth-order valence-electron chi connectivity index (χ4n) is 2.87. The molecule has 0 spiro atoms. The first-order valence-electron chi connectivity index (χ1n) is 8.92. The van der Waals surface area contributed by atoms with E-state index in [-0.39, 0.29) is 16.2 Å². The molecule has 30 heavy (non-hydrogen) atoms. The van der Waals surface area contributed by atoms with Crippen LogP contribution in [0.15, 0.2) is 100 Å². The number of para-hydroxylation sites is 1. The van der Waals surface area contributed by atoms with Crippen molar-refractivity contribution >= 4 is 42.8 Å². The molecule has 4 rings (SSSR count). The van der Waals surface area contributed by atoms with E-state index >= 15 is 0 Å². The first kappa shape index (κ1) is 20.1. The Labute approximate surface area is 182 Å². The van der Waals surface area contributed by atoms with Gasteiger partial charge in [0.05, 0.1) is 0 Å². The molecule has 0 bridgehead atoms. The number of benzene rings is 4. The monoisotopic (exact) mass is 482 g/mol. The molecule has 0 atom stereocenters. The van der Waals surface area contributed by atoms with Crippen LogP contribution in [0.25, 0.3) is 10.8 Å². The molecular weight excluding hydrogens is 468 g/mol. The maximum atomic E-state index is 12.7. The molecule has 0 aliphatic heterocycles. The zero-order chi connectivity index (χ0) is 21.1. The maximum absolute atomic E-state index is 12.7. The fourth-order valence-corrected chi connectivity index (χ4v) is 4.08. The summed E-state index contributed by atoms with van der Waals surface area (Å²) in [6.45, 7) is 0. The summed E-state index contributed by atoms with van der Waals surface area (Å²) in [5, 5.41) is 1.94. The number of carbonyl (C=O) groups is 1. The molecule has 4 aromatic rings. The highest BCUT2D eigenvalue weighted by atomic mass is 79.9. The number of fused-ring (bicyclic) bond motifs is 1. The Morgan fingerprint density at radius 3 is 2.20 bits per heavy atom. The van der Waals surface area contributed by atoms with Crippen LogP contribution in [0.4, 0.5) is 0 Å². The van der Waals surface area contributed by atoms with Gasteiger partial charge in [-0.2, -0.15) is 8.42 Å². The molecule has 0 aliphatic rings. The van der Waals surface area contributed by atoms with Crippen molar-refractivity contribution in [1.29, 1.82) is 0 Å². The van der Waals surface area contributed by atoms with E-state index in [9.17, 15) is 13.2 Å². The molecule has 5 nitrogen and oxygen atoms in total. The van der Waals surface area contributed by atoms with E-state index in [1.165, 1.54) is 24.3 Å². The third-order valence-corrected chi connectivity index (χ3v) is 6.12. The van der Waals surface area contributed by atoms with Gasteiger partial charge in [-0.1, -0.05) is 58.4 Å². The summed E-state index contributed by atoms with van der Waals surface area (Å²) in [4.78, 5) is 12.7. The lowest BCUT2D eigenvalue weighted by molar-refractivity contribution is 0.0733. The molecule has 0 aromatic heterocycles. The van der Waals surface area contributed by atoms with Gasteiger partial charge in [-0.05, 0) is 59.3 Å². The summed E-state index contributed by atoms with van der Waals surface area (Å²) >= 11 is 3.26. The van der Waals surface area contributed by atoms with E-state index < -0.39 is 16.1 Å². The predicted molar refractivity (Wildman–Crippen MR) is 117 cm³/mol. The molecule has 0 heterocycles. The normalized spacial score (nSPS) is 11.2. The molecule has 0 radical (unpaired) electrons. The van der Waals surface area contributed by atoms with E-state index in [1.54, 1.807) is 36.4 Å². The summed E-state index contributed by atoms with van der Waals surface area (Å²) in [5.41, 5.74) is 0.00588. The molecule has 0 N–H and O–H groups in total. The third kappa shape index (κ3) is 4.37. The van der Waals surface area contributed by atoms with Crippen LogP contribution in [0.3, 0.4) is 0 Å². The summed E-state index contributed by atoms with van der Waals surface area (Å²) in [6.07, 6.45) is 0. The lowest BCUT2D eigenvalue weighted by Gasteiger charge is -2.11. The van der Waals surface area contributed by atoms with Crippen molar-refractivity contribution < 1.29 is 22.1 Å². The molecule has 0 fully saturated rings. The maximum Gasteiger partial charge on any atom is 0.347 e. The number of hydrogen-bond acceptors (Lipinski definition) is 5. The summed E-state index contributed by atoms with van der Waals surface area (Å²) in [6, 6.07) is 25.0. The molecule has 0 unspecified atom stereocenters. The van der Waals surface area contributed by atoms with Crippen LogP contribution in [0.2, 0.25) is 0 Å². The fraction of sp³-hybridized carbons (Fsp3) is 0. The minimum atomic E-state index is -4.12. The molecule has 0 saturated carbocycles. The van der Waals surface area contributed by atoms with Gasteiger partial charge in [-0.15, -0.1) is 0 Å². The summed E-state index contributed by atoms with van der Waals surface area (Å²) in [7, 11) is -4.12. The van der Waals surface area contributed by atoms with Crippen LogP contribution >= 0.6 is 15.9 Å². The van der Waals surface area contributed by atoms with E-state index in [0.717, 1.165) is 15.2 Å². The second-order valence-corrected chi connectivity index (χ2v) is 8.85. The molecule has 7 heteroatoms. The van der Waals surface area contributed by atoms with Crippen LogP contribution in [0, 0.1) is 0 Å². The van der Waals surface area contributed by atoms with Crippen LogP contribution in [-0.4, -0.2) is 14.4 Å². The second-order valence-electron chi connectivity index (χ2n) is 6.39. The van der Waals surface area contributed by atoms with Crippen LogP contribution < -0.4 is 8.92 Å². The van der Waals surface area contributed by atoms with Crippen molar-refractivity contribution in [3.05, 3.63) is 101 Å². The number of carbonyl (C=O) groups excluding carboxylic acids is 1. The molecule has 150 valence electrons. The Kier molecular flexibility index (Phi) is 5.57. The standard InChI is InChI=1S/C23H15BrO5S/c24-18-10-13-20(14-11-18)30(26,27)29-22-8-4-3-7-21(22)23(25)28-19-12-9-16-5-1-2-6-17(16)15-19/h1-15H. The van der Waals surface area contributed by atoms with Crippen molar-refractivity contribution in [3.63, 3.8) is 0 Å². The SMILES string of the molecule is O=C(Oc1ccc2ccccc2c1)c1ccccc1OS(=O)(=O)c1ccc(Br)cc1. The van der Waals surface area contributed by atoms with Gasteiger partial charge in [0.1, 0.15) is 16.2 Å². The highest BCUT2D eigenvalue weighted by Crippen LogP contribution is 2.26. The molecule has 4 aromatic carbocycles. The largest absolute Gasteiger partial charge is 0.423 e. The van der Waals surface area contributed by atoms with Gasteiger partial charge in [0, 0.05) is 4.47 Å².